The topological polar surface area (TPSA) is 74.6 Å². The lowest BCUT2D eigenvalue weighted by Gasteiger charge is -2.09. The molecule has 0 aliphatic rings. The van der Waals surface area contributed by atoms with E-state index in [-0.39, 0.29) is 6.10 Å². The summed E-state index contributed by atoms with van der Waals surface area (Å²) >= 11 is 0. The SMILES string of the molecule is CCCCC(O)CCCCCCCCC(C)S(=O)(=O)O. The van der Waals surface area contributed by atoms with Crippen LogP contribution in [-0.2, 0) is 10.1 Å². The molecule has 0 rings (SSSR count). The van der Waals surface area contributed by atoms with Gasteiger partial charge in [-0.25, -0.2) is 0 Å². The Morgan fingerprint density at radius 1 is 0.850 bits per heavy atom. The van der Waals surface area contributed by atoms with Gasteiger partial charge in [-0.2, -0.15) is 8.42 Å². The van der Waals surface area contributed by atoms with Gasteiger partial charge in [0.2, 0.25) is 0 Å². The van der Waals surface area contributed by atoms with E-state index < -0.39 is 15.4 Å². The van der Waals surface area contributed by atoms with Crippen molar-refractivity contribution < 1.29 is 18.1 Å². The van der Waals surface area contributed by atoms with Crippen LogP contribution in [0, 0.1) is 0 Å². The summed E-state index contributed by atoms with van der Waals surface area (Å²) in [4.78, 5) is 0. The molecule has 0 saturated carbocycles. The first-order valence-electron chi connectivity index (χ1n) is 8.02. The molecule has 0 fully saturated rings. The minimum absolute atomic E-state index is 0.134. The van der Waals surface area contributed by atoms with Crippen molar-refractivity contribution in [2.75, 3.05) is 0 Å². The van der Waals surface area contributed by atoms with Gasteiger partial charge in [0.15, 0.2) is 0 Å². The number of rotatable bonds is 13. The van der Waals surface area contributed by atoms with Crippen LogP contribution in [0.15, 0.2) is 0 Å². The average Bonchev–Trinajstić information content (AvgIpc) is 2.37. The average molecular weight is 308 g/mol. The van der Waals surface area contributed by atoms with Gasteiger partial charge < -0.3 is 5.11 Å². The van der Waals surface area contributed by atoms with E-state index in [9.17, 15) is 13.5 Å². The molecule has 0 aromatic carbocycles. The molecule has 5 heteroatoms. The Morgan fingerprint density at radius 2 is 1.30 bits per heavy atom. The molecule has 0 aromatic rings. The monoisotopic (exact) mass is 308 g/mol. The van der Waals surface area contributed by atoms with Crippen LogP contribution in [-0.4, -0.2) is 29.4 Å². The first-order valence-corrected chi connectivity index (χ1v) is 9.52. The summed E-state index contributed by atoms with van der Waals surface area (Å²) in [6.07, 6.45) is 10.8. The maximum absolute atomic E-state index is 10.8. The zero-order valence-corrected chi connectivity index (χ0v) is 13.9. The van der Waals surface area contributed by atoms with Crippen molar-refractivity contribution in [1.29, 1.82) is 0 Å². The fraction of sp³-hybridized carbons (Fsp3) is 1.00. The zero-order chi connectivity index (χ0) is 15.4. The van der Waals surface area contributed by atoms with Crippen LogP contribution >= 0.6 is 0 Å². The van der Waals surface area contributed by atoms with Gasteiger partial charge >= 0.3 is 0 Å². The van der Waals surface area contributed by atoms with Crippen molar-refractivity contribution in [2.24, 2.45) is 0 Å². The van der Waals surface area contributed by atoms with Crippen LogP contribution in [0.3, 0.4) is 0 Å². The van der Waals surface area contributed by atoms with Crippen molar-refractivity contribution in [3.8, 4) is 0 Å². The third-order valence-electron chi connectivity index (χ3n) is 3.80. The Kier molecular flexibility index (Phi) is 11.4. The van der Waals surface area contributed by atoms with Crippen LogP contribution in [0.1, 0.15) is 84.5 Å². The second-order valence-electron chi connectivity index (χ2n) is 5.82. The van der Waals surface area contributed by atoms with Gasteiger partial charge in [-0.1, -0.05) is 58.3 Å². The highest BCUT2D eigenvalue weighted by Gasteiger charge is 2.15. The van der Waals surface area contributed by atoms with E-state index in [1.807, 2.05) is 0 Å². The lowest BCUT2D eigenvalue weighted by molar-refractivity contribution is 0.148. The van der Waals surface area contributed by atoms with Gasteiger partial charge in [0.1, 0.15) is 0 Å². The third-order valence-corrected chi connectivity index (χ3v) is 5.05. The molecule has 0 amide bonds. The van der Waals surface area contributed by atoms with Crippen molar-refractivity contribution in [3.63, 3.8) is 0 Å². The summed E-state index contributed by atoms with van der Waals surface area (Å²) in [5.41, 5.74) is 0. The Balaban J connectivity index is 3.33. The Hall–Kier alpha value is -0.130. The van der Waals surface area contributed by atoms with Gasteiger partial charge in [0.05, 0.1) is 11.4 Å². The second kappa shape index (κ2) is 11.5. The minimum atomic E-state index is -3.85. The molecule has 0 aromatic heterocycles. The summed E-state index contributed by atoms with van der Waals surface area (Å²) in [5, 5.41) is 9.04. The molecule has 0 aliphatic heterocycles. The van der Waals surface area contributed by atoms with E-state index in [0.29, 0.717) is 6.42 Å². The number of hydrogen-bond donors (Lipinski definition) is 2. The Morgan fingerprint density at radius 3 is 1.80 bits per heavy atom. The fourth-order valence-electron chi connectivity index (χ4n) is 2.25. The maximum atomic E-state index is 10.8. The molecule has 0 bridgehead atoms. The molecular formula is C15H32O4S. The summed E-state index contributed by atoms with van der Waals surface area (Å²) in [6, 6.07) is 0. The van der Waals surface area contributed by atoms with Gasteiger partial charge in [0, 0.05) is 0 Å². The van der Waals surface area contributed by atoms with Crippen molar-refractivity contribution in [2.45, 2.75) is 95.8 Å². The number of unbranched alkanes of at least 4 members (excludes halogenated alkanes) is 6. The highest BCUT2D eigenvalue weighted by atomic mass is 32.2. The molecule has 0 radical (unpaired) electrons. The van der Waals surface area contributed by atoms with Crippen LogP contribution < -0.4 is 0 Å². The van der Waals surface area contributed by atoms with Gasteiger partial charge in [-0.05, 0) is 26.2 Å². The van der Waals surface area contributed by atoms with Crippen LogP contribution in [0.4, 0.5) is 0 Å². The van der Waals surface area contributed by atoms with Crippen molar-refractivity contribution in [3.05, 3.63) is 0 Å². The van der Waals surface area contributed by atoms with Crippen molar-refractivity contribution in [1.82, 2.24) is 0 Å². The summed E-state index contributed by atoms with van der Waals surface area (Å²) in [6.45, 7) is 3.68. The fourth-order valence-corrected chi connectivity index (χ4v) is 2.72. The molecule has 2 unspecified atom stereocenters. The first kappa shape index (κ1) is 19.9. The third kappa shape index (κ3) is 11.7. The Bertz CT molecular complexity index is 314. The van der Waals surface area contributed by atoms with E-state index in [0.717, 1.165) is 64.2 Å². The van der Waals surface area contributed by atoms with E-state index >= 15 is 0 Å². The van der Waals surface area contributed by atoms with Gasteiger partial charge in [0.25, 0.3) is 10.1 Å². The predicted octanol–water partition coefficient (Wildman–Crippen LogP) is 3.93. The molecule has 20 heavy (non-hydrogen) atoms. The van der Waals surface area contributed by atoms with E-state index in [2.05, 4.69) is 6.92 Å². The molecule has 0 heterocycles. The van der Waals surface area contributed by atoms with Crippen LogP contribution in [0.5, 0.6) is 0 Å². The van der Waals surface area contributed by atoms with Gasteiger partial charge in [-0.15, -0.1) is 0 Å². The van der Waals surface area contributed by atoms with Gasteiger partial charge in [-0.3, -0.25) is 4.55 Å². The molecule has 0 aliphatic carbocycles. The lowest BCUT2D eigenvalue weighted by atomic mass is 10.0. The first-order chi connectivity index (χ1) is 9.38. The highest BCUT2D eigenvalue weighted by molar-refractivity contribution is 7.86. The van der Waals surface area contributed by atoms with Crippen molar-refractivity contribution >= 4 is 10.1 Å². The summed E-state index contributed by atoms with van der Waals surface area (Å²) in [7, 11) is -3.85. The largest absolute Gasteiger partial charge is 0.393 e. The zero-order valence-electron chi connectivity index (χ0n) is 13.1. The lowest BCUT2D eigenvalue weighted by Crippen LogP contribution is -2.16. The van der Waals surface area contributed by atoms with E-state index in [4.69, 9.17) is 4.55 Å². The normalized spacial score (nSPS) is 15.2. The number of aliphatic hydroxyl groups excluding tert-OH is 1. The second-order valence-corrected chi connectivity index (χ2v) is 7.65. The minimum Gasteiger partial charge on any atom is -0.393 e. The van der Waals surface area contributed by atoms with E-state index in [1.54, 1.807) is 6.92 Å². The summed E-state index contributed by atoms with van der Waals surface area (Å²) < 4.78 is 30.4. The molecule has 2 N–H and O–H groups in total. The summed E-state index contributed by atoms with van der Waals surface area (Å²) in [5.74, 6) is 0. The number of aliphatic hydroxyl groups is 1. The Labute approximate surface area is 124 Å². The number of hydrogen-bond acceptors (Lipinski definition) is 3. The predicted molar refractivity (Wildman–Crippen MR) is 83.5 cm³/mol. The molecule has 0 saturated heterocycles. The standard InChI is InChI=1S/C15H32O4S/c1-3-4-12-15(16)13-10-8-6-5-7-9-11-14(2)20(17,18)19/h14-16H,3-13H2,1-2H3,(H,17,18,19). The molecule has 2 atom stereocenters. The molecule has 0 spiro atoms. The molecular weight excluding hydrogens is 276 g/mol. The smallest absolute Gasteiger partial charge is 0.267 e. The van der Waals surface area contributed by atoms with Crippen LogP contribution in [0.2, 0.25) is 0 Å². The quantitative estimate of drug-likeness (QED) is 0.399. The molecule has 4 nitrogen and oxygen atoms in total. The van der Waals surface area contributed by atoms with E-state index in [1.165, 1.54) is 0 Å². The highest BCUT2D eigenvalue weighted by Crippen LogP contribution is 2.14. The maximum Gasteiger partial charge on any atom is 0.267 e. The van der Waals surface area contributed by atoms with Crippen LogP contribution in [0.25, 0.3) is 0 Å². The molecule has 122 valence electrons.